The number of nitrogens with two attached hydrogens (primary N) is 1. The van der Waals surface area contributed by atoms with E-state index in [1.54, 1.807) is 17.6 Å². The zero-order valence-corrected chi connectivity index (χ0v) is 12.7. The van der Waals surface area contributed by atoms with Crippen molar-refractivity contribution in [1.29, 1.82) is 0 Å². The van der Waals surface area contributed by atoms with E-state index in [2.05, 4.69) is 39.2 Å². The Balaban J connectivity index is 2.16. The lowest BCUT2D eigenvalue weighted by atomic mass is 10.2. The summed E-state index contributed by atoms with van der Waals surface area (Å²) in [6.45, 7) is 4.48. The molecular formula is C13H17BrN2OS. The SMILES string of the molecule is CCN(Cc1ccco1)C(CN)c1sccc1Br. The molecule has 0 fully saturated rings. The highest BCUT2D eigenvalue weighted by molar-refractivity contribution is 9.10. The van der Waals surface area contributed by atoms with Crippen LogP contribution in [0.25, 0.3) is 0 Å². The maximum atomic E-state index is 5.95. The van der Waals surface area contributed by atoms with E-state index in [0.717, 1.165) is 23.3 Å². The first kappa shape index (κ1) is 13.8. The molecule has 2 N–H and O–H groups in total. The number of furan rings is 1. The highest BCUT2D eigenvalue weighted by Gasteiger charge is 2.21. The summed E-state index contributed by atoms with van der Waals surface area (Å²) in [5.74, 6) is 0.975. The molecule has 0 saturated heterocycles. The first-order valence-corrected chi connectivity index (χ1v) is 7.63. The third-order valence-electron chi connectivity index (χ3n) is 2.96. The van der Waals surface area contributed by atoms with E-state index in [4.69, 9.17) is 10.2 Å². The minimum absolute atomic E-state index is 0.231. The van der Waals surface area contributed by atoms with Crippen LogP contribution in [0, 0.1) is 0 Å². The van der Waals surface area contributed by atoms with Crippen LogP contribution in [0.2, 0.25) is 0 Å². The van der Waals surface area contributed by atoms with Gasteiger partial charge in [0, 0.05) is 15.9 Å². The fraction of sp³-hybridized carbons (Fsp3) is 0.385. The molecule has 0 spiro atoms. The van der Waals surface area contributed by atoms with Crippen LogP contribution in [-0.2, 0) is 6.54 Å². The Kier molecular flexibility index (Phi) is 5.00. The predicted octanol–water partition coefficient (Wildman–Crippen LogP) is 3.63. The molecular weight excluding hydrogens is 312 g/mol. The number of hydrogen-bond donors (Lipinski definition) is 1. The van der Waals surface area contributed by atoms with Crippen LogP contribution >= 0.6 is 27.3 Å². The van der Waals surface area contributed by atoms with E-state index in [0.29, 0.717) is 6.54 Å². The molecule has 0 saturated carbocycles. The maximum absolute atomic E-state index is 5.95. The van der Waals surface area contributed by atoms with Gasteiger partial charge in [0.1, 0.15) is 5.76 Å². The monoisotopic (exact) mass is 328 g/mol. The standard InChI is InChI=1S/C13H17BrN2OS/c1-2-16(9-10-4-3-6-17-10)12(8-15)13-11(14)5-7-18-13/h3-7,12H,2,8-9,15H2,1H3. The van der Waals surface area contributed by atoms with E-state index >= 15 is 0 Å². The normalized spacial score (nSPS) is 13.1. The molecule has 0 aliphatic rings. The summed E-state index contributed by atoms with van der Waals surface area (Å²) in [5, 5.41) is 2.09. The first-order valence-electron chi connectivity index (χ1n) is 5.95. The van der Waals surface area contributed by atoms with E-state index in [-0.39, 0.29) is 6.04 Å². The third-order valence-corrected chi connectivity index (χ3v) is 4.93. The second-order valence-electron chi connectivity index (χ2n) is 4.03. The van der Waals surface area contributed by atoms with E-state index < -0.39 is 0 Å². The minimum atomic E-state index is 0.231. The number of rotatable bonds is 6. The van der Waals surface area contributed by atoms with E-state index in [9.17, 15) is 0 Å². The summed E-state index contributed by atoms with van der Waals surface area (Å²) in [4.78, 5) is 3.61. The lowest BCUT2D eigenvalue weighted by Crippen LogP contribution is -2.32. The molecule has 2 aromatic rings. The molecule has 0 amide bonds. The fourth-order valence-corrected chi connectivity index (χ4v) is 3.80. The molecule has 3 nitrogen and oxygen atoms in total. The highest BCUT2D eigenvalue weighted by atomic mass is 79.9. The Morgan fingerprint density at radius 3 is 2.83 bits per heavy atom. The number of likely N-dealkylation sites (N-methyl/N-ethyl adjacent to an activating group) is 1. The van der Waals surface area contributed by atoms with Gasteiger partial charge in [0.05, 0.1) is 18.8 Å². The summed E-state index contributed by atoms with van der Waals surface area (Å²) < 4.78 is 6.56. The van der Waals surface area contributed by atoms with Crippen molar-refractivity contribution in [2.45, 2.75) is 19.5 Å². The van der Waals surface area contributed by atoms with Gasteiger partial charge in [-0.05, 0) is 46.1 Å². The molecule has 0 aliphatic heterocycles. The molecule has 1 atom stereocenters. The molecule has 98 valence electrons. The summed E-state index contributed by atoms with van der Waals surface area (Å²) in [7, 11) is 0. The average molecular weight is 329 g/mol. The van der Waals surface area contributed by atoms with Gasteiger partial charge in [-0.15, -0.1) is 11.3 Å². The quantitative estimate of drug-likeness (QED) is 0.880. The van der Waals surface area contributed by atoms with Crippen LogP contribution in [0.4, 0.5) is 0 Å². The zero-order chi connectivity index (χ0) is 13.0. The van der Waals surface area contributed by atoms with Crippen LogP contribution < -0.4 is 5.73 Å². The van der Waals surface area contributed by atoms with Crippen molar-refractivity contribution in [2.75, 3.05) is 13.1 Å². The molecule has 0 bridgehead atoms. The van der Waals surface area contributed by atoms with Crippen LogP contribution in [0.15, 0.2) is 38.7 Å². The average Bonchev–Trinajstić information content (AvgIpc) is 3.01. The number of thiophene rings is 1. The van der Waals surface area contributed by atoms with E-state index in [1.807, 2.05) is 12.1 Å². The Bertz CT molecular complexity index is 469. The second-order valence-corrected chi connectivity index (χ2v) is 5.83. The van der Waals surface area contributed by atoms with Crippen molar-refractivity contribution in [3.8, 4) is 0 Å². The molecule has 2 heterocycles. The van der Waals surface area contributed by atoms with Crippen molar-refractivity contribution in [1.82, 2.24) is 4.90 Å². The van der Waals surface area contributed by atoms with Crippen molar-refractivity contribution in [3.05, 3.63) is 45.0 Å². The zero-order valence-electron chi connectivity index (χ0n) is 10.3. The first-order chi connectivity index (χ1) is 8.76. The Hall–Kier alpha value is -0.620. The van der Waals surface area contributed by atoms with Crippen LogP contribution in [0.3, 0.4) is 0 Å². The predicted molar refractivity (Wildman–Crippen MR) is 78.6 cm³/mol. The summed E-state index contributed by atoms with van der Waals surface area (Å²) in [6, 6.07) is 6.22. The largest absolute Gasteiger partial charge is 0.468 e. The molecule has 0 aliphatic carbocycles. The fourth-order valence-electron chi connectivity index (χ4n) is 2.01. The van der Waals surface area contributed by atoms with E-state index in [1.165, 1.54) is 4.88 Å². The molecule has 0 aromatic carbocycles. The Morgan fingerprint density at radius 2 is 2.33 bits per heavy atom. The van der Waals surface area contributed by atoms with Gasteiger partial charge in [0.25, 0.3) is 0 Å². The van der Waals surface area contributed by atoms with Gasteiger partial charge in [0.2, 0.25) is 0 Å². The Morgan fingerprint density at radius 1 is 1.50 bits per heavy atom. The number of nitrogens with zero attached hydrogens (tertiary/aromatic N) is 1. The molecule has 18 heavy (non-hydrogen) atoms. The summed E-state index contributed by atoms with van der Waals surface area (Å²) in [6.07, 6.45) is 1.71. The van der Waals surface area contributed by atoms with Crippen molar-refractivity contribution < 1.29 is 4.42 Å². The third kappa shape index (κ3) is 3.03. The summed E-state index contributed by atoms with van der Waals surface area (Å²) >= 11 is 5.33. The molecule has 2 aromatic heterocycles. The van der Waals surface area contributed by atoms with Gasteiger partial charge >= 0.3 is 0 Å². The lowest BCUT2D eigenvalue weighted by molar-refractivity contribution is 0.190. The van der Waals surface area contributed by atoms with Crippen LogP contribution in [0.1, 0.15) is 23.6 Å². The van der Waals surface area contributed by atoms with Gasteiger partial charge in [-0.2, -0.15) is 0 Å². The van der Waals surface area contributed by atoms with Gasteiger partial charge in [-0.1, -0.05) is 6.92 Å². The van der Waals surface area contributed by atoms with Crippen LogP contribution in [-0.4, -0.2) is 18.0 Å². The highest BCUT2D eigenvalue weighted by Crippen LogP contribution is 2.32. The summed E-state index contributed by atoms with van der Waals surface area (Å²) in [5.41, 5.74) is 5.95. The van der Waals surface area contributed by atoms with Gasteiger partial charge in [-0.25, -0.2) is 0 Å². The smallest absolute Gasteiger partial charge is 0.117 e. The van der Waals surface area contributed by atoms with Crippen molar-refractivity contribution >= 4 is 27.3 Å². The van der Waals surface area contributed by atoms with Gasteiger partial charge < -0.3 is 10.2 Å². The van der Waals surface area contributed by atoms with Crippen LogP contribution in [0.5, 0.6) is 0 Å². The maximum Gasteiger partial charge on any atom is 0.117 e. The topological polar surface area (TPSA) is 42.4 Å². The number of hydrogen-bond acceptors (Lipinski definition) is 4. The van der Waals surface area contributed by atoms with Gasteiger partial charge in [-0.3, -0.25) is 4.90 Å². The Labute approximate surface area is 120 Å². The lowest BCUT2D eigenvalue weighted by Gasteiger charge is -2.28. The number of halogens is 1. The molecule has 5 heteroatoms. The van der Waals surface area contributed by atoms with Crippen molar-refractivity contribution in [3.63, 3.8) is 0 Å². The second kappa shape index (κ2) is 6.52. The molecule has 1 unspecified atom stereocenters. The van der Waals surface area contributed by atoms with Crippen molar-refractivity contribution in [2.24, 2.45) is 5.73 Å². The minimum Gasteiger partial charge on any atom is -0.468 e. The van der Waals surface area contributed by atoms with Gasteiger partial charge in [0.15, 0.2) is 0 Å². The molecule has 0 radical (unpaired) electrons. The molecule has 2 rings (SSSR count).